The number of aromatic amines is 1. The first-order valence-corrected chi connectivity index (χ1v) is 23.4. The number of hydrogen-bond acceptors (Lipinski definition) is 11. The first kappa shape index (κ1) is 46.2. The summed E-state index contributed by atoms with van der Waals surface area (Å²) in [5.74, 6) is 0.0198. The van der Waals surface area contributed by atoms with Crippen LogP contribution in [0.25, 0.3) is 22.4 Å². The van der Waals surface area contributed by atoms with Crippen LogP contribution in [0, 0.1) is 17.3 Å². The van der Waals surface area contributed by atoms with Crippen LogP contribution in [-0.4, -0.2) is 122 Å². The van der Waals surface area contributed by atoms with Crippen LogP contribution in [0.5, 0.6) is 5.75 Å². The monoisotopic (exact) mass is 920 g/mol. The predicted octanol–water partition coefficient (Wildman–Crippen LogP) is 6.34. The quantitative estimate of drug-likeness (QED) is 0.121. The van der Waals surface area contributed by atoms with Gasteiger partial charge in [0.1, 0.15) is 17.4 Å². The molecule has 348 valence electrons. The van der Waals surface area contributed by atoms with Crippen LogP contribution in [0.2, 0.25) is 0 Å². The highest BCUT2D eigenvalue weighted by atomic mass is 32.2. The van der Waals surface area contributed by atoms with Crippen LogP contribution < -0.4 is 20.3 Å². The lowest BCUT2D eigenvalue weighted by Crippen LogP contribution is -2.54. The van der Waals surface area contributed by atoms with Gasteiger partial charge in [0, 0.05) is 73.4 Å². The number of pyridine rings is 1. The van der Waals surface area contributed by atoms with E-state index in [9.17, 15) is 31.8 Å². The number of imidazole rings is 1. The van der Waals surface area contributed by atoms with Crippen molar-refractivity contribution >= 4 is 40.0 Å². The Bertz CT molecular complexity index is 2430. The van der Waals surface area contributed by atoms with Gasteiger partial charge in [-0.15, -0.1) is 13.2 Å². The summed E-state index contributed by atoms with van der Waals surface area (Å²) in [6.07, 6.45) is 0.208. The number of nitrogens with zero attached hydrogens (tertiary/aromatic N) is 5. The highest BCUT2D eigenvalue weighted by Crippen LogP contribution is 2.52. The lowest BCUT2D eigenvalue weighted by Gasteiger charge is -2.41. The van der Waals surface area contributed by atoms with Crippen molar-refractivity contribution in [1.82, 2.24) is 30.1 Å². The molecule has 5 heterocycles. The number of H-pyrrole nitrogens is 1. The third-order valence-electron chi connectivity index (χ3n) is 12.9. The number of carbonyl (C=O) groups excluding carboxylic acids is 3. The van der Waals surface area contributed by atoms with Crippen LogP contribution in [0.4, 0.5) is 24.7 Å². The normalized spacial score (nSPS) is 24.8. The molecule has 2 aromatic carbocycles. The Labute approximate surface area is 378 Å². The van der Waals surface area contributed by atoms with Gasteiger partial charge in [-0.25, -0.2) is 9.97 Å². The van der Waals surface area contributed by atoms with Gasteiger partial charge in [-0.2, -0.15) is 0 Å². The molecule has 8 atom stereocenters. The Balaban J connectivity index is 0.939. The van der Waals surface area contributed by atoms with Crippen molar-refractivity contribution in [3.63, 3.8) is 0 Å². The lowest BCUT2D eigenvalue weighted by molar-refractivity contribution is -0.274. The van der Waals surface area contributed by atoms with E-state index in [-0.39, 0.29) is 58.0 Å². The van der Waals surface area contributed by atoms with Crippen molar-refractivity contribution in [3.05, 3.63) is 78.4 Å². The molecule has 4 fully saturated rings. The van der Waals surface area contributed by atoms with E-state index in [1.165, 1.54) is 25.4 Å². The molecule has 3 saturated heterocycles. The second-order valence-electron chi connectivity index (χ2n) is 18.4. The number of piperazine rings is 1. The molecule has 0 bridgehead atoms. The minimum Gasteiger partial charge on any atom is -0.405 e. The number of aromatic nitrogens is 3. The van der Waals surface area contributed by atoms with Gasteiger partial charge in [-0.3, -0.25) is 23.9 Å². The zero-order chi connectivity index (χ0) is 46.5. The molecule has 4 aliphatic rings. The maximum absolute atomic E-state index is 14.0. The number of carbonyl (C=O) groups is 3. The summed E-state index contributed by atoms with van der Waals surface area (Å²) in [7, 11) is 0.334. The summed E-state index contributed by atoms with van der Waals surface area (Å²) in [5, 5.41) is 5.70. The molecule has 4 aromatic rings. The van der Waals surface area contributed by atoms with Gasteiger partial charge in [0.25, 0.3) is 5.91 Å². The van der Waals surface area contributed by atoms with Crippen LogP contribution in [0.15, 0.2) is 67.0 Å². The number of hydrogen-bond donors (Lipinski definition) is 3. The number of amides is 3. The molecule has 1 aliphatic carbocycles. The fourth-order valence-corrected chi connectivity index (χ4v) is 9.70. The maximum atomic E-state index is 14.0. The molecule has 2 aromatic heterocycles. The maximum Gasteiger partial charge on any atom is 0.573 e. The van der Waals surface area contributed by atoms with Gasteiger partial charge in [0.15, 0.2) is 12.5 Å². The zero-order valence-corrected chi connectivity index (χ0v) is 38.2. The average molecular weight is 921 g/mol. The summed E-state index contributed by atoms with van der Waals surface area (Å²) in [4.78, 5) is 58.6. The third kappa shape index (κ3) is 10.2. The Morgan fingerprint density at radius 1 is 1.00 bits per heavy atom. The molecule has 3 unspecified atom stereocenters. The van der Waals surface area contributed by atoms with E-state index in [4.69, 9.17) is 9.47 Å². The van der Waals surface area contributed by atoms with E-state index in [1.807, 2.05) is 25.7 Å². The van der Waals surface area contributed by atoms with E-state index in [0.717, 1.165) is 12.5 Å². The largest absolute Gasteiger partial charge is 0.573 e. The highest BCUT2D eigenvalue weighted by molar-refractivity contribution is 7.84. The van der Waals surface area contributed by atoms with E-state index in [1.54, 1.807) is 53.8 Å². The summed E-state index contributed by atoms with van der Waals surface area (Å²) in [5.41, 5.74) is 2.15. The number of nitrogens with one attached hydrogen (secondary N) is 3. The molecule has 3 amide bonds. The molecular weight excluding hydrogens is 866 g/mol. The second-order valence-corrected chi connectivity index (χ2v) is 20.0. The Morgan fingerprint density at radius 3 is 2.32 bits per heavy atom. The number of ether oxygens (including phenoxy) is 3. The van der Waals surface area contributed by atoms with Crippen LogP contribution >= 0.6 is 0 Å². The van der Waals surface area contributed by atoms with Gasteiger partial charge in [-0.1, -0.05) is 52.0 Å². The molecule has 8 rings (SSSR count). The standard InChI is InChI=1S/C46H55F3N8O7S/c1-25(2)38(54-41-44(62-6)63-41)43(60)57-24-31(65(7)61)19-35(57)39-51-22-34(53-39)28-10-8-27(9-11-28)32-14-12-29(18-36(32)64-46(47,48)49)40(58)52-30-13-15-37(50-21-30)56-17-16-55(23-26(56)3)42(59)33-20-45(33,4)5/h8-15,18,21-22,25-26,31,33,35,38,41,44,54H,16-17,19-20,23-24H2,1-7H3,(H,51,53)(H,52,58)/t26-,31+,33-,35+,38+,41?,44?,65?/m1/s1. The average Bonchev–Trinajstić information content (AvgIpc) is 3.98. The van der Waals surface area contributed by atoms with E-state index >= 15 is 0 Å². The number of anilines is 2. The van der Waals surface area contributed by atoms with Crippen molar-refractivity contribution < 1.29 is 46.0 Å². The highest BCUT2D eigenvalue weighted by Gasteiger charge is 2.52. The number of alkyl halides is 3. The molecule has 0 spiro atoms. The second kappa shape index (κ2) is 18.1. The molecule has 1 saturated carbocycles. The number of likely N-dealkylation sites (tertiary alicyclic amines) is 1. The topological polar surface area (TPSA) is 175 Å². The fraction of sp³-hybridized carbons (Fsp3) is 0.500. The molecule has 15 nitrogen and oxygen atoms in total. The summed E-state index contributed by atoms with van der Waals surface area (Å²) in [6, 6.07) is 13.0. The van der Waals surface area contributed by atoms with Crippen LogP contribution in [-0.2, 0) is 29.9 Å². The van der Waals surface area contributed by atoms with E-state index in [2.05, 4.69) is 49.1 Å². The Hall–Kier alpha value is -5.37. The minimum absolute atomic E-state index is 0.0253. The smallest absolute Gasteiger partial charge is 0.405 e. The van der Waals surface area contributed by atoms with Gasteiger partial charge in [-0.05, 0) is 72.6 Å². The molecule has 65 heavy (non-hydrogen) atoms. The fourth-order valence-electron chi connectivity index (χ4n) is 8.87. The van der Waals surface area contributed by atoms with Crippen LogP contribution in [0.3, 0.4) is 0 Å². The van der Waals surface area contributed by atoms with Gasteiger partial charge in [0.2, 0.25) is 11.8 Å². The van der Waals surface area contributed by atoms with Crippen LogP contribution in [0.1, 0.15) is 69.7 Å². The predicted molar refractivity (Wildman–Crippen MR) is 238 cm³/mol. The molecule has 3 N–H and O–H groups in total. The minimum atomic E-state index is -5.04. The first-order chi connectivity index (χ1) is 30.8. The van der Waals surface area contributed by atoms with Gasteiger partial charge >= 0.3 is 6.36 Å². The summed E-state index contributed by atoms with van der Waals surface area (Å²) in [6.45, 7) is 12.2. The summed E-state index contributed by atoms with van der Waals surface area (Å²) >= 11 is 0. The SMILES string of the molecule is COC1OC1N[C@H](C(=O)N1C[C@@H](S(C)=O)C[C@H]1c1ncc(-c2ccc(-c3ccc(C(=O)Nc4ccc(N5CCN(C(=O)[C@H]6CC6(C)C)C[C@H]5C)nc4)cc3OC(F)(F)F)cc2)[nH]1)C(C)C. The Morgan fingerprint density at radius 2 is 1.72 bits per heavy atom. The first-order valence-electron chi connectivity index (χ1n) is 21.8. The summed E-state index contributed by atoms with van der Waals surface area (Å²) < 4.78 is 69.1. The zero-order valence-electron chi connectivity index (χ0n) is 37.3. The molecule has 3 aliphatic heterocycles. The molecular formula is C46H55F3N8O7S. The number of epoxide rings is 1. The molecule has 19 heteroatoms. The number of methoxy groups -OCH3 is 1. The van der Waals surface area contributed by atoms with Crippen molar-refractivity contribution in [3.8, 4) is 28.1 Å². The van der Waals surface area contributed by atoms with Gasteiger partial charge < -0.3 is 39.2 Å². The number of benzene rings is 2. The van der Waals surface area contributed by atoms with Crippen molar-refractivity contribution in [1.29, 1.82) is 0 Å². The van der Waals surface area contributed by atoms with Crippen molar-refractivity contribution in [2.45, 2.75) is 89.7 Å². The van der Waals surface area contributed by atoms with E-state index < -0.39 is 53.4 Å². The van der Waals surface area contributed by atoms with E-state index in [0.29, 0.717) is 60.2 Å². The van der Waals surface area contributed by atoms with Gasteiger partial charge in [0.05, 0.1) is 41.1 Å². The third-order valence-corrected chi connectivity index (χ3v) is 14.2. The lowest BCUT2D eigenvalue weighted by atomic mass is 10.00. The van der Waals surface area contributed by atoms with Crippen molar-refractivity contribution in [2.24, 2.45) is 17.3 Å². The number of rotatable bonds is 14. The Kier molecular flexibility index (Phi) is 12.9. The molecule has 0 radical (unpaired) electrons. The number of halogens is 3. The van der Waals surface area contributed by atoms with Crippen molar-refractivity contribution in [2.75, 3.05) is 49.8 Å².